The molecule has 2 aromatic rings. The Balaban J connectivity index is 2.11. The van der Waals surface area contributed by atoms with Crippen LogP contribution in [0.15, 0.2) is 34.2 Å². The Hall–Kier alpha value is -1.37. The number of rotatable bonds is 6. The van der Waals surface area contributed by atoms with Crippen molar-refractivity contribution in [3.63, 3.8) is 0 Å². The molecule has 2 rings (SSSR count). The van der Waals surface area contributed by atoms with Crippen LogP contribution in [0.25, 0.3) is 0 Å². The van der Waals surface area contributed by atoms with E-state index in [0.717, 1.165) is 0 Å². The van der Waals surface area contributed by atoms with Gasteiger partial charge in [0.15, 0.2) is 5.16 Å². The lowest BCUT2D eigenvalue weighted by Crippen LogP contribution is -2.12. The van der Waals surface area contributed by atoms with Gasteiger partial charge in [0.05, 0.1) is 18.4 Å². The van der Waals surface area contributed by atoms with Crippen LogP contribution in [0.4, 0.5) is 4.39 Å². The van der Waals surface area contributed by atoms with Gasteiger partial charge in [-0.1, -0.05) is 29.4 Å². The lowest BCUT2D eigenvalue weighted by atomic mass is 10.2. The van der Waals surface area contributed by atoms with Crippen molar-refractivity contribution in [2.45, 2.75) is 37.5 Å². The number of halogens is 2. The van der Waals surface area contributed by atoms with Crippen LogP contribution in [-0.4, -0.2) is 16.1 Å². The van der Waals surface area contributed by atoms with Gasteiger partial charge in [-0.25, -0.2) is 9.37 Å². The minimum Gasteiger partial charge on any atom is -0.373 e. The zero-order valence-electron chi connectivity index (χ0n) is 12.2. The van der Waals surface area contributed by atoms with Gasteiger partial charge < -0.3 is 9.72 Å². The number of hydrogen-bond acceptors (Lipinski definition) is 4. The Labute approximate surface area is 137 Å². The number of nitrogens with zero attached hydrogens (tertiary/aromatic N) is 1. The highest BCUT2D eigenvalue weighted by Gasteiger charge is 2.09. The predicted octanol–water partition coefficient (Wildman–Crippen LogP) is 3.78. The quantitative estimate of drug-likeness (QED) is 0.641. The van der Waals surface area contributed by atoms with E-state index in [4.69, 9.17) is 16.3 Å². The summed E-state index contributed by atoms with van der Waals surface area (Å²) in [6.45, 7) is 4.07. The third kappa shape index (κ3) is 4.83. The second kappa shape index (κ2) is 7.76. The van der Waals surface area contributed by atoms with Crippen LogP contribution in [0.5, 0.6) is 0 Å². The van der Waals surface area contributed by atoms with Crippen molar-refractivity contribution in [2.75, 3.05) is 0 Å². The standard InChI is InChI=1S/C15H16ClFN2O2S/c1-9(2)21-7-10-6-14(20)19-15(18-10)22-8-11-12(16)4-3-5-13(11)17/h3-6,9H,7-8H2,1-2H3,(H,18,19,20). The summed E-state index contributed by atoms with van der Waals surface area (Å²) < 4.78 is 19.1. The largest absolute Gasteiger partial charge is 0.373 e. The summed E-state index contributed by atoms with van der Waals surface area (Å²) >= 11 is 7.19. The van der Waals surface area contributed by atoms with Gasteiger partial charge in [-0.05, 0) is 26.0 Å². The molecule has 0 bridgehead atoms. The lowest BCUT2D eigenvalue weighted by molar-refractivity contribution is 0.0631. The zero-order valence-corrected chi connectivity index (χ0v) is 13.8. The molecule has 0 spiro atoms. The van der Waals surface area contributed by atoms with Gasteiger partial charge in [0, 0.05) is 22.4 Å². The molecule has 0 aliphatic rings. The van der Waals surface area contributed by atoms with Crippen molar-refractivity contribution < 1.29 is 9.13 Å². The van der Waals surface area contributed by atoms with Crippen molar-refractivity contribution >= 4 is 23.4 Å². The molecule has 0 aliphatic carbocycles. The molecule has 1 aromatic carbocycles. The Bertz CT molecular complexity index is 686. The summed E-state index contributed by atoms with van der Waals surface area (Å²) in [4.78, 5) is 18.6. The summed E-state index contributed by atoms with van der Waals surface area (Å²) in [5, 5.41) is 0.767. The highest BCUT2D eigenvalue weighted by atomic mass is 35.5. The number of ether oxygens (including phenoxy) is 1. The van der Waals surface area contributed by atoms with Crippen molar-refractivity contribution in [3.8, 4) is 0 Å². The van der Waals surface area contributed by atoms with Crippen molar-refractivity contribution in [1.29, 1.82) is 0 Å². The first-order valence-corrected chi connectivity index (χ1v) is 8.09. The second-order valence-electron chi connectivity index (χ2n) is 4.89. The summed E-state index contributed by atoms with van der Waals surface area (Å²) in [6.07, 6.45) is 0.0504. The Kier molecular flexibility index (Phi) is 5.99. The molecule has 1 aromatic heterocycles. The Morgan fingerprint density at radius 3 is 2.91 bits per heavy atom. The second-order valence-corrected chi connectivity index (χ2v) is 6.26. The molecule has 1 N–H and O–H groups in total. The highest BCUT2D eigenvalue weighted by molar-refractivity contribution is 7.98. The normalized spacial score (nSPS) is 11.1. The van der Waals surface area contributed by atoms with E-state index in [-0.39, 0.29) is 29.8 Å². The number of aromatic amines is 1. The Morgan fingerprint density at radius 2 is 2.23 bits per heavy atom. The van der Waals surface area contributed by atoms with Gasteiger partial charge in [0.1, 0.15) is 5.82 Å². The molecule has 0 fully saturated rings. The number of H-pyrrole nitrogens is 1. The van der Waals surface area contributed by atoms with Crippen molar-refractivity contribution in [1.82, 2.24) is 9.97 Å². The van der Waals surface area contributed by atoms with Gasteiger partial charge in [0.25, 0.3) is 5.56 Å². The SMILES string of the molecule is CC(C)OCc1cc(=O)[nH]c(SCc2c(F)cccc2Cl)n1. The summed E-state index contributed by atoms with van der Waals surface area (Å²) in [7, 11) is 0. The van der Waals surface area contributed by atoms with Gasteiger partial charge in [-0.15, -0.1) is 0 Å². The van der Waals surface area contributed by atoms with E-state index >= 15 is 0 Å². The molecule has 1 heterocycles. The molecule has 0 radical (unpaired) electrons. The minimum atomic E-state index is -0.373. The fraction of sp³-hybridized carbons (Fsp3) is 0.333. The van der Waals surface area contributed by atoms with Crippen LogP contribution in [-0.2, 0) is 17.1 Å². The molecular weight excluding hydrogens is 327 g/mol. The van der Waals surface area contributed by atoms with E-state index in [1.54, 1.807) is 12.1 Å². The van der Waals surface area contributed by atoms with E-state index in [1.165, 1.54) is 23.9 Å². The van der Waals surface area contributed by atoms with Gasteiger partial charge in [-0.3, -0.25) is 4.79 Å². The molecule has 0 atom stereocenters. The molecule has 0 saturated carbocycles. The van der Waals surface area contributed by atoms with Crippen LogP contribution >= 0.6 is 23.4 Å². The number of aromatic nitrogens is 2. The molecule has 0 aliphatic heterocycles. The first-order chi connectivity index (χ1) is 10.5. The monoisotopic (exact) mass is 342 g/mol. The van der Waals surface area contributed by atoms with Crippen LogP contribution in [0.2, 0.25) is 5.02 Å². The molecule has 7 heteroatoms. The zero-order chi connectivity index (χ0) is 16.1. The lowest BCUT2D eigenvalue weighted by Gasteiger charge is -2.08. The van der Waals surface area contributed by atoms with Crippen LogP contribution in [0, 0.1) is 5.82 Å². The molecule has 118 valence electrons. The molecule has 22 heavy (non-hydrogen) atoms. The van der Waals surface area contributed by atoms with Crippen molar-refractivity contribution in [3.05, 3.63) is 56.7 Å². The number of hydrogen-bond donors (Lipinski definition) is 1. The van der Waals surface area contributed by atoms with E-state index in [2.05, 4.69) is 9.97 Å². The number of thioether (sulfide) groups is 1. The minimum absolute atomic E-state index is 0.0504. The van der Waals surface area contributed by atoms with Crippen LogP contribution in [0.1, 0.15) is 25.1 Å². The van der Waals surface area contributed by atoms with E-state index in [1.807, 2.05) is 13.8 Å². The topological polar surface area (TPSA) is 55.0 Å². The molecular formula is C15H16ClFN2O2S. The summed E-state index contributed by atoms with van der Waals surface area (Å²) in [6, 6.07) is 5.92. The number of nitrogens with one attached hydrogen (secondary N) is 1. The first-order valence-electron chi connectivity index (χ1n) is 6.73. The molecule has 0 saturated heterocycles. The summed E-state index contributed by atoms with van der Waals surface area (Å²) in [5.74, 6) is -0.0928. The fourth-order valence-electron chi connectivity index (χ4n) is 1.69. The number of benzene rings is 1. The molecule has 0 unspecified atom stereocenters. The van der Waals surface area contributed by atoms with Gasteiger partial charge >= 0.3 is 0 Å². The summed E-state index contributed by atoms with van der Waals surface area (Å²) in [5.41, 5.74) is 0.666. The average Bonchev–Trinajstić information content (AvgIpc) is 2.44. The maximum Gasteiger partial charge on any atom is 0.251 e. The predicted molar refractivity (Wildman–Crippen MR) is 85.8 cm³/mol. The van der Waals surface area contributed by atoms with E-state index < -0.39 is 0 Å². The third-order valence-electron chi connectivity index (χ3n) is 2.75. The van der Waals surface area contributed by atoms with E-state index in [9.17, 15) is 9.18 Å². The van der Waals surface area contributed by atoms with Crippen LogP contribution < -0.4 is 5.56 Å². The highest BCUT2D eigenvalue weighted by Crippen LogP contribution is 2.26. The van der Waals surface area contributed by atoms with E-state index in [0.29, 0.717) is 21.4 Å². The van der Waals surface area contributed by atoms with Crippen LogP contribution in [0.3, 0.4) is 0 Å². The molecule has 4 nitrogen and oxygen atoms in total. The average molecular weight is 343 g/mol. The maximum absolute atomic E-state index is 13.7. The van der Waals surface area contributed by atoms with Gasteiger partial charge in [0.2, 0.25) is 0 Å². The Morgan fingerprint density at radius 1 is 1.45 bits per heavy atom. The first kappa shape index (κ1) is 17.0. The maximum atomic E-state index is 13.7. The van der Waals surface area contributed by atoms with Gasteiger partial charge in [-0.2, -0.15) is 0 Å². The third-order valence-corrected chi connectivity index (χ3v) is 4.01. The van der Waals surface area contributed by atoms with Crippen molar-refractivity contribution in [2.24, 2.45) is 0 Å². The smallest absolute Gasteiger partial charge is 0.251 e. The fourth-order valence-corrected chi connectivity index (χ4v) is 2.93. The molecule has 0 amide bonds.